The first-order valence-corrected chi connectivity index (χ1v) is 8.57. The maximum Gasteiger partial charge on any atom is 0.0590 e. The molecule has 3 nitrogen and oxygen atoms in total. The normalized spacial score (nSPS) is 14.5. The first-order valence-electron chi connectivity index (χ1n) is 8.57. The van der Waals surface area contributed by atoms with Gasteiger partial charge in [-0.2, -0.15) is 0 Å². The molecule has 0 spiro atoms. The molecule has 1 unspecified atom stereocenters. The van der Waals surface area contributed by atoms with Crippen LogP contribution in [-0.2, 0) is 22.3 Å². The standard InChI is InChI=1S/C19H33NO2/c1-14(2)11-16(5)22-17(6)12-18-7-9-20-19(13-18)8-10-21-15(3)4/h7,9,13-17H,8,10-12H2,1-6H3/t16-,17?/m1/s1. The van der Waals surface area contributed by atoms with E-state index in [-0.39, 0.29) is 12.2 Å². The van der Waals surface area contributed by atoms with Gasteiger partial charge in [0.2, 0.25) is 0 Å². The van der Waals surface area contributed by atoms with Crippen LogP contribution >= 0.6 is 0 Å². The van der Waals surface area contributed by atoms with E-state index in [0.717, 1.165) is 31.6 Å². The molecule has 0 aromatic carbocycles. The lowest BCUT2D eigenvalue weighted by molar-refractivity contribution is -0.00134. The van der Waals surface area contributed by atoms with Gasteiger partial charge in [0.1, 0.15) is 0 Å². The van der Waals surface area contributed by atoms with E-state index in [9.17, 15) is 0 Å². The van der Waals surface area contributed by atoms with Crippen LogP contribution < -0.4 is 0 Å². The van der Waals surface area contributed by atoms with E-state index >= 15 is 0 Å². The van der Waals surface area contributed by atoms with Gasteiger partial charge >= 0.3 is 0 Å². The topological polar surface area (TPSA) is 31.4 Å². The minimum Gasteiger partial charge on any atom is -0.378 e. The first kappa shape index (κ1) is 19.1. The predicted molar refractivity (Wildman–Crippen MR) is 92.2 cm³/mol. The lowest BCUT2D eigenvalue weighted by atomic mass is 10.1. The van der Waals surface area contributed by atoms with Gasteiger partial charge in [-0.05, 0) is 64.2 Å². The summed E-state index contributed by atoms with van der Waals surface area (Å²) in [6.07, 6.45) is 5.63. The number of ether oxygens (including phenoxy) is 2. The largest absolute Gasteiger partial charge is 0.378 e. The Morgan fingerprint density at radius 3 is 2.41 bits per heavy atom. The first-order chi connectivity index (χ1) is 10.4. The second kappa shape index (κ2) is 9.96. The molecule has 0 saturated carbocycles. The van der Waals surface area contributed by atoms with Crippen LogP contribution in [0.2, 0.25) is 0 Å². The zero-order chi connectivity index (χ0) is 16.5. The van der Waals surface area contributed by atoms with Crippen molar-refractivity contribution in [2.24, 2.45) is 5.92 Å². The molecule has 3 heteroatoms. The minimum atomic E-state index is 0.232. The molecule has 0 aliphatic heterocycles. The van der Waals surface area contributed by atoms with E-state index in [1.54, 1.807) is 0 Å². The molecule has 1 aromatic heterocycles. The van der Waals surface area contributed by atoms with Gasteiger partial charge in [-0.1, -0.05) is 13.8 Å². The van der Waals surface area contributed by atoms with Gasteiger partial charge in [-0.15, -0.1) is 0 Å². The van der Waals surface area contributed by atoms with Crippen molar-refractivity contribution in [1.82, 2.24) is 4.98 Å². The molecule has 0 amide bonds. The fraction of sp³-hybridized carbons (Fsp3) is 0.737. The van der Waals surface area contributed by atoms with E-state index < -0.39 is 0 Å². The molecule has 1 aromatic rings. The summed E-state index contributed by atoms with van der Waals surface area (Å²) in [6.45, 7) is 13.6. The number of hydrogen-bond donors (Lipinski definition) is 0. The van der Waals surface area contributed by atoms with E-state index in [1.807, 2.05) is 6.20 Å². The van der Waals surface area contributed by atoms with Crippen LogP contribution in [0.4, 0.5) is 0 Å². The second-order valence-electron chi connectivity index (χ2n) is 6.92. The van der Waals surface area contributed by atoms with Gasteiger partial charge < -0.3 is 9.47 Å². The highest BCUT2D eigenvalue weighted by molar-refractivity contribution is 5.17. The molecule has 0 aliphatic rings. The van der Waals surface area contributed by atoms with Gasteiger partial charge in [0.25, 0.3) is 0 Å². The van der Waals surface area contributed by atoms with Crippen LogP contribution in [0.15, 0.2) is 18.3 Å². The van der Waals surface area contributed by atoms with Crippen molar-refractivity contribution < 1.29 is 9.47 Å². The summed E-state index contributed by atoms with van der Waals surface area (Å²) < 4.78 is 11.7. The minimum absolute atomic E-state index is 0.232. The number of aromatic nitrogens is 1. The quantitative estimate of drug-likeness (QED) is 0.641. The molecule has 1 heterocycles. The SMILES string of the molecule is CC(C)C[C@@H](C)OC(C)Cc1ccnc(CCOC(C)C)c1. The third kappa shape index (κ3) is 8.50. The third-order valence-electron chi connectivity index (χ3n) is 3.48. The fourth-order valence-electron chi connectivity index (χ4n) is 2.69. The highest BCUT2D eigenvalue weighted by Gasteiger charge is 2.11. The Kier molecular flexibility index (Phi) is 8.66. The molecule has 0 radical (unpaired) electrons. The molecule has 0 aliphatic carbocycles. The van der Waals surface area contributed by atoms with Crippen LogP contribution in [-0.4, -0.2) is 29.9 Å². The van der Waals surface area contributed by atoms with Gasteiger partial charge in [0, 0.05) is 18.3 Å². The average molecular weight is 307 g/mol. The molecule has 0 saturated heterocycles. The van der Waals surface area contributed by atoms with Crippen LogP contribution in [0.3, 0.4) is 0 Å². The van der Waals surface area contributed by atoms with Crippen molar-refractivity contribution >= 4 is 0 Å². The summed E-state index contributed by atoms with van der Waals surface area (Å²) in [6, 6.07) is 4.26. The van der Waals surface area contributed by atoms with Crippen LogP contribution in [0.25, 0.3) is 0 Å². The van der Waals surface area contributed by atoms with E-state index in [2.05, 4.69) is 58.7 Å². The maximum absolute atomic E-state index is 6.07. The Morgan fingerprint density at radius 1 is 1.05 bits per heavy atom. The third-order valence-corrected chi connectivity index (χ3v) is 3.48. The highest BCUT2D eigenvalue weighted by Crippen LogP contribution is 2.13. The lowest BCUT2D eigenvalue weighted by Gasteiger charge is -2.21. The zero-order valence-electron chi connectivity index (χ0n) is 15.1. The van der Waals surface area contributed by atoms with Crippen molar-refractivity contribution in [3.8, 4) is 0 Å². The summed E-state index contributed by atoms with van der Waals surface area (Å²) >= 11 is 0. The summed E-state index contributed by atoms with van der Waals surface area (Å²) in [5.41, 5.74) is 2.39. The molecule has 0 fully saturated rings. The summed E-state index contributed by atoms with van der Waals surface area (Å²) in [7, 11) is 0. The van der Waals surface area contributed by atoms with Crippen molar-refractivity contribution in [1.29, 1.82) is 0 Å². The van der Waals surface area contributed by atoms with Crippen LogP contribution in [0, 0.1) is 5.92 Å². The van der Waals surface area contributed by atoms with Crippen molar-refractivity contribution in [3.63, 3.8) is 0 Å². The van der Waals surface area contributed by atoms with Gasteiger partial charge in [-0.3, -0.25) is 4.98 Å². The molecule has 0 bridgehead atoms. The highest BCUT2D eigenvalue weighted by atomic mass is 16.5. The number of hydrogen-bond acceptors (Lipinski definition) is 3. The Bertz CT molecular complexity index is 418. The maximum atomic E-state index is 6.07. The Balaban J connectivity index is 2.44. The summed E-state index contributed by atoms with van der Waals surface area (Å²) in [5.74, 6) is 0.677. The van der Waals surface area contributed by atoms with Crippen molar-refractivity contribution in [2.45, 2.75) is 79.1 Å². The average Bonchev–Trinajstić information content (AvgIpc) is 2.37. The zero-order valence-corrected chi connectivity index (χ0v) is 15.1. The van der Waals surface area contributed by atoms with E-state index in [0.29, 0.717) is 12.0 Å². The lowest BCUT2D eigenvalue weighted by Crippen LogP contribution is -2.20. The van der Waals surface area contributed by atoms with Gasteiger partial charge in [0.05, 0.1) is 24.9 Å². The van der Waals surface area contributed by atoms with Crippen molar-refractivity contribution in [2.75, 3.05) is 6.61 Å². The van der Waals surface area contributed by atoms with E-state index in [4.69, 9.17) is 9.47 Å². The van der Waals surface area contributed by atoms with Crippen LogP contribution in [0.1, 0.15) is 59.2 Å². The Hall–Kier alpha value is -0.930. The van der Waals surface area contributed by atoms with Crippen LogP contribution in [0.5, 0.6) is 0 Å². The molecule has 22 heavy (non-hydrogen) atoms. The van der Waals surface area contributed by atoms with Crippen molar-refractivity contribution in [3.05, 3.63) is 29.6 Å². The monoisotopic (exact) mass is 307 g/mol. The Labute approximate surface area is 136 Å². The number of rotatable bonds is 10. The summed E-state index contributed by atoms with van der Waals surface area (Å²) in [4.78, 5) is 4.42. The predicted octanol–water partition coefficient (Wildman–Crippen LogP) is 4.43. The molecule has 126 valence electrons. The summed E-state index contributed by atoms with van der Waals surface area (Å²) in [5, 5.41) is 0. The molecular weight excluding hydrogens is 274 g/mol. The molecule has 2 atom stereocenters. The van der Waals surface area contributed by atoms with E-state index in [1.165, 1.54) is 5.56 Å². The van der Waals surface area contributed by atoms with Gasteiger partial charge in [0.15, 0.2) is 0 Å². The van der Waals surface area contributed by atoms with Gasteiger partial charge in [-0.25, -0.2) is 0 Å². The molecule has 1 rings (SSSR count). The smallest absolute Gasteiger partial charge is 0.0590 e. The fourth-order valence-corrected chi connectivity index (χ4v) is 2.69. The second-order valence-corrected chi connectivity index (χ2v) is 6.92. The molecular formula is C19H33NO2. The number of nitrogens with zero attached hydrogens (tertiary/aromatic N) is 1. The Morgan fingerprint density at radius 2 is 1.77 bits per heavy atom. The molecule has 0 N–H and O–H groups in total. The number of pyridine rings is 1.